The fraction of sp³-hybridized carbons (Fsp3) is 0.192. The number of benzene rings is 2. The molecule has 2 aliphatic heterocycles. The van der Waals surface area contributed by atoms with Crippen LogP contribution >= 0.6 is 0 Å². The quantitative estimate of drug-likeness (QED) is 0.720. The number of likely N-dealkylation sites (N-methyl/N-ethyl adjacent to an activating group) is 1. The Morgan fingerprint density at radius 2 is 1.80 bits per heavy atom. The van der Waals surface area contributed by atoms with Gasteiger partial charge in [0.2, 0.25) is 0 Å². The molecule has 0 saturated carbocycles. The van der Waals surface area contributed by atoms with E-state index in [1.54, 1.807) is 6.08 Å². The number of fused-ring (bicyclic) bond motifs is 2. The van der Waals surface area contributed by atoms with Crippen LogP contribution in [0.2, 0.25) is 0 Å². The van der Waals surface area contributed by atoms with E-state index in [2.05, 4.69) is 36.2 Å². The van der Waals surface area contributed by atoms with Gasteiger partial charge in [-0.15, -0.1) is 0 Å². The van der Waals surface area contributed by atoms with Crippen LogP contribution in [0.3, 0.4) is 0 Å². The minimum Gasteiger partial charge on any atom is -0.510 e. The van der Waals surface area contributed by atoms with E-state index >= 15 is 0 Å². The van der Waals surface area contributed by atoms with Crippen LogP contribution in [0.1, 0.15) is 25.0 Å². The predicted molar refractivity (Wildman–Crippen MR) is 121 cm³/mol. The van der Waals surface area contributed by atoms with Crippen LogP contribution in [0.15, 0.2) is 89.5 Å². The van der Waals surface area contributed by atoms with Crippen molar-refractivity contribution in [3.63, 3.8) is 0 Å². The van der Waals surface area contributed by atoms with Crippen molar-refractivity contribution in [3.8, 4) is 0 Å². The van der Waals surface area contributed by atoms with Gasteiger partial charge in [-0.2, -0.15) is 0 Å². The highest BCUT2D eigenvalue weighted by atomic mass is 16.3. The van der Waals surface area contributed by atoms with Crippen molar-refractivity contribution in [1.82, 2.24) is 0 Å². The Bertz CT molecular complexity index is 1200. The molecule has 0 bridgehead atoms. The van der Waals surface area contributed by atoms with E-state index < -0.39 is 5.92 Å². The Morgan fingerprint density at radius 1 is 1.07 bits per heavy atom. The zero-order valence-electron chi connectivity index (χ0n) is 17.3. The maximum Gasteiger partial charge on any atom is 0.180 e. The zero-order valence-corrected chi connectivity index (χ0v) is 17.3. The zero-order chi connectivity index (χ0) is 21.0. The van der Waals surface area contributed by atoms with Gasteiger partial charge in [0.1, 0.15) is 11.7 Å². The number of allylic oxidation sites excluding steroid dienone is 5. The average Bonchev–Trinajstić information content (AvgIpc) is 2.95. The summed E-state index contributed by atoms with van der Waals surface area (Å²) in [5.74, 6) is -0.515. The van der Waals surface area contributed by atoms with Gasteiger partial charge in [-0.05, 0) is 41.5 Å². The molecule has 2 N–H and O–H groups in total. The number of nitrogens with zero attached hydrogens (tertiary/aromatic N) is 1. The summed E-state index contributed by atoms with van der Waals surface area (Å²) in [6.07, 6.45) is 7.58. The fourth-order valence-corrected chi connectivity index (χ4v) is 4.64. The third kappa shape index (κ3) is 2.64. The Labute approximate surface area is 176 Å². The van der Waals surface area contributed by atoms with Crippen LogP contribution in [-0.4, -0.2) is 17.9 Å². The number of carbonyl (C=O) groups excluding carboxylic acids is 1. The van der Waals surface area contributed by atoms with Crippen LogP contribution in [0.25, 0.3) is 6.08 Å². The lowest BCUT2D eigenvalue weighted by Crippen LogP contribution is -2.32. The van der Waals surface area contributed by atoms with Crippen molar-refractivity contribution in [2.45, 2.75) is 19.3 Å². The molecule has 1 aliphatic carbocycles. The monoisotopic (exact) mass is 396 g/mol. The van der Waals surface area contributed by atoms with Crippen LogP contribution in [0.5, 0.6) is 0 Å². The first kappa shape index (κ1) is 18.5. The van der Waals surface area contributed by atoms with E-state index in [0.29, 0.717) is 5.57 Å². The summed E-state index contributed by atoms with van der Waals surface area (Å²) in [5.41, 5.74) is 6.43. The first-order chi connectivity index (χ1) is 14.4. The highest BCUT2D eigenvalue weighted by Gasteiger charge is 2.43. The number of aliphatic hydroxyl groups excluding tert-OH is 1. The number of para-hydroxylation sites is 2. The normalized spacial score (nSPS) is 24.0. The lowest BCUT2D eigenvalue weighted by atomic mass is 9.77. The highest BCUT2D eigenvalue weighted by Crippen LogP contribution is 2.48. The number of aliphatic hydroxyl groups is 1. The third-order valence-corrected chi connectivity index (χ3v) is 6.37. The van der Waals surface area contributed by atoms with E-state index in [1.807, 2.05) is 61.7 Å². The molecule has 0 fully saturated rings. The van der Waals surface area contributed by atoms with Gasteiger partial charge in [-0.25, -0.2) is 0 Å². The number of nitrogens with one attached hydrogen (secondary N) is 1. The second-order valence-electron chi connectivity index (χ2n) is 8.54. The van der Waals surface area contributed by atoms with Gasteiger partial charge < -0.3 is 15.3 Å². The second kappa shape index (κ2) is 6.49. The number of carbonyl (C=O) groups is 1. The van der Waals surface area contributed by atoms with E-state index in [-0.39, 0.29) is 17.0 Å². The van der Waals surface area contributed by atoms with Crippen LogP contribution in [-0.2, 0) is 10.2 Å². The Kier molecular flexibility index (Phi) is 4.00. The molecule has 1 atom stereocenters. The predicted octanol–water partition coefficient (Wildman–Crippen LogP) is 5.33. The van der Waals surface area contributed by atoms with Crippen molar-refractivity contribution >= 4 is 23.2 Å². The molecular formula is C26H24N2O2. The van der Waals surface area contributed by atoms with Gasteiger partial charge in [-0.3, -0.25) is 4.79 Å². The maximum atomic E-state index is 12.9. The molecule has 0 spiro atoms. The van der Waals surface area contributed by atoms with E-state index in [0.717, 1.165) is 28.3 Å². The molecule has 150 valence electrons. The average molecular weight is 396 g/mol. The highest BCUT2D eigenvalue weighted by molar-refractivity contribution is 6.10. The smallest absolute Gasteiger partial charge is 0.180 e. The number of Topliss-reactive ketones (excluding diaryl/α,β-unsaturated/α-hetero) is 1. The molecular weight excluding hydrogens is 372 g/mol. The number of anilines is 2. The van der Waals surface area contributed by atoms with Gasteiger partial charge in [0, 0.05) is 35.2 Å². The molecule has 30 heavy (non-hydrogen) atoms. The van der Waals surface area contributed by atoms with Crippen molar-refractivity contribution in [2.75, 3.05) is 17.3 Å². The Hall–Kier alpha value is -3.53. The topological polar surface area (TPSA) is 52.6 Å². The number of hydrogen-bond acceptors (Lipinski definition) is 4. The van der Waals surface area contributed by atoms with E-state index in [4.69, 9.17) is 0 Å². The van der Waals surface area contributed by atoms with Crippen molar-refractivity contribution in [3.05, 3.63) is 101 Å². The molecule has 2 aromatic carbocycles. The maximum absolute atomic E-state index is 12.9. The SMILES string of the molecule is CN1/C(=C/C2C(=O)C(/C=C3\C=Cc4ccccc4N3)=C2O)C(C)(C)c2ccccc21. The van der Waals surface area contributed by atoms with Crippen molar-refractivity contribution < 1.29 is 9.90 Å². The van der Waals surface area contributed by atoms with Crippen LogP contribution in [0.4, 0.5) is 11.4 Å². The molecule has 0 saturated heterocycles. The Morgan fingerprint density at radius 3 is 2.57 bits per heavy atom. The summed E-state index contributed by atoms with van der Waals surface area (Å²) in [4.78, 5) is 15.0. The number of rotatable bonds is 2. The van der Waals surface area contributed by atoms with Crippen molar-refractivity contribution in [2.24, 2.45) is 5.92 Å². The third-order valence-electron chi connectivity index (χ3n) is 6.37. The standard InChI is InChI=1S/C26H24N2O2/c1-26(2)20-9-5-7-11-22(20)28(3)23(26)15-19-24(29)18(25(19)30)14-17-13-12-16-8-4-6-10-21(16)27-17/h4-15,19,27,29H,1-3H3/b17-14+,23-15+. The molecule has 4 nitrogen and oxygen atoms in total. The Balaban J connectivity index is 1.45. The van der Waals surface area contributed by atoms with E-state index in [1.165, 1.54) is 5.56 Å². The summed E-state index contributed by atoms with van der Waals surface area (Å²) in [5, 5.41) is 14.0. The molecule has 0 radical (unpaired) electrons. The summed E-state index contributed by atoms with van der Waals surface area (Å²) in [6, 6.07) is 16.2. The van der Waals surface area contributed by atoms with Gasteiger partial charge in [-0.1, -0.05) is 56.3 Å². The second-order valence-corrected chi connectivity index (χ2v) is 8.54. The minimum atomic E-state index is -0.595. The fourth-order valence-electron chi connectivity index (χ4n) is 4.64. The van der Waals surface area contributed by atoms with Gasteiger partial charge in [0.25, 0.3) is 0 Å². The number of ketones is 1. The van der Waals surface area contributed by atoms with E-state index in [9.17, 15) is 9.90 Å². The first-order valence-corrected chi connectivity index (χ1v) is 10.2. The molecule has 2 aromatic rings. The van der Waals surface area contributed by atoms with Gasteiger partial charge in [0.05, 0.1) is 5.57 Å². The molecule has 2 heterocycles. The first-order valence-electron chi connectivity index (χ1n) is 10.2. The lowest BCUT2D eigenvalue weighted by Gasteiger charge is -2.30. The molecule has 4 heteroatoms. The largest absolute Gasteiger partial charge is 0.510 e. The van der Waals surface area contributed by atoms with Crippen molar-refractivity contribution in [1.29, 1.82) is 0 Å². The number of hydrogen-bond donors (Lipinski definition) is 2. The molecule has 3 aliphatic rings. The molecule has 0 amide bonds. The van der Waals surface area contributed by atoms with Crippen LogP contribution in [0, 0.1) is 5.92 Å². The summed E-state index contributed by atoms with van der Waals surface area (Å²) in [6.45, 7) is 4.31. The molecule has 5 rings (SSSR count). The van der Waals surface area contributed by atoms with Gasteiger partial charge in [0.15, 0.2) is 5.78 Å². The van der Waals surface area contributed by atoms with Gasteiger partial charge >= 0.3 is 0 Å². The molecule has 0 aromatic heterocycles. The minimum absolute atomic E-state index is 0.0540. The summed E-state index contributed by atoms with van der Waals surface area (Å²) >= 11 is 0. The lowest BCUT2D eigenvalue weighted by molar-refractivity contribution is -0.120. The summed E-state index contributed by atoms with van der Waals surface area (Å²) < 4.78 is 0. The van der Waals surface area contributed by atoms with Crippen LogP contribution < -0.4 is 10.2 Å². The summed E-state index contributed by atoms with van der Waals surface area (Å²) in [7, 11) is 2.01. The molecule has 1 unspecified atom stereocenters.